The van der Waals surface area contributed by atoms with Crippen LogP contribution in [-0.2, 0) is 4.74 Å². The number of aromatic nitrogens is 1. The van der Waals surface area contributed by atoms with E-state index >= 15 is 0 Å². The highest BCUT2D eigenvalue weighted by Gasteiger charge is 2.17. The Morgan fingerprint density at radius 3 is 3.00 bits per heavy atom. The molecule has 0 spiro atoms. The van der Waals surface area contributed by atoms with Crippen LogP contribution in [0, 0.1) is 0 Å². The predicted octanol–water partition coefficient (Wildman–Crippen LogP) is 0.114. The first-order valence-electron chi connectivity index (χ1n) is 6.48. The Morgan fingerprint density at radius 2 is 2.32 bits per heavy atom. The number of ether oxygens (including phenoxy) is 1. The quantitative estimate of drug-likeness (QED) is 0.807. The molecule has 1 saturated heterocycles. The van der Waals surface area contributed by atoms with E-state index in [1.165, 1.54) is 0 Å². The van der Waals surface area contributed by atoms with Gasteiger partial charge < -0.3 is 15.8 Å². The topological polar surface area (TPSA) is 80.5 Å². The van der Waals surface area contributed by atoms with E-state index in [9.17, 15) is 4.79 Å². The smallest absolute Gasteiger partial charge is 0.272 e. The summed E-state index contributed by atoms with van der Waals surface area (Å²) in [7, 11) is 0. The van der Waals surface area contributed by atoms with Crippen molar-refractivity contribution >= 4 is 11.6 Å². The maximum Gasteiger partial charge on any atom is 0.272 e. The molecule has 0 aromatic carbocycles. The first-order valence-corrected chi connectivity index (χ1v) is 6.48. The molecular formula is C13H20N4O2. The van der Waals surface area contributed by atoms with E-state index < -0.39 is 0 Å². The molecule has 1 aliphatic rings. The number of carbonyl (C=O) groups excluding carboxylic acids is 1. The number of carbonyl (C=O) groups is 1. The van der Waals surface area contributed by atoms with Crippen LogP contribution in [0.1, 0.15) is 17.4 Å². The number of nitrogens with one attached hydrogen (secondary N) is 1. The fraction of sp³-hybridized carbons (Fsp3) is 0.538. The van der Waals surface area contributed by atoms with Crippen molar-refractivity contribution in [3.63, 3.8) is 0 Å². The number of anilines is 1. The Hall–Kier alpha value is -1.66. The summed E-state index contributed by atoms with van der Waals surface area (Å²) < 4.78 is 5.29. The van der Waals surface area contributed by atoms with Gasteiger partial charge in [-0.25, -0.2) is 4.98 Å². The van der Waals surface area contributed by atoms with Crippen LogP contribution in [0.15, 0.2) is 18.3 Å². The molecule has 1 aromatic rings. The maximum absolute atomic E-state index is 12.0. The summed E-state index contributed by atoms with van der Waals surface area (Å²) in [5.41, 5.74) is 6.42. The Labute approximate surface area is 112 Å². The number of amides is 1. The Balaban J connectivity index is 1.86. The molecule has 6 heteroatoms. The Kier molecular flexibility index (Phi) is 4.70. The molecule has 1 unspecified atom stereocenters. The van der Waals surface area contributed by atoms with E-state index in [0.717, 1.165) is 32.8 Å². The number of hydrogen-bond acceptors (Lipinski definition) is 5. The molecule has 3 N–H and O–H groups in total. The molecule has 0 aliphatic carbocycles. The van der Waals surface area contributed by atoms with Crippen LogP contribution >= 0.6 is 0 Å². The van der Waals surface area contributed by atoms with E-state index in [0.29, 0.717) is 5.69 Å². The van der Waals surface area contributed by atoms with E-state index in [4.69, 9.17) is 10.5 Å². The lowest BCUT2D eigenvalue weighted by Crippen LogP contribution is -2.46. The molecule has 6 nitrogen and oxygen atoms in total. The largest absolute Gasteiger partial charge is 0.397 e. The van der Waals surface area contributed by atoms with Crippen molar-refractivity contribution in [3.05, 3.63) is 24.0 Å². The number of nitrogens with two attached hydrogens (primary N) is 1. The minimum absolute atomic E-state index is 0.0482. The van der Waals surface area contributed by atoms with Gasteiger partial charge >= 0.3 is 0 Å². The van der Waals surface area contributed by atoms with Gasteiger partial charge in [-0.15, -0.1) is 0 Å². The van der Waals surface area contributed by atoms with Gasteiger partial charge in [-0.3, -0.25) is 9.69 Å². The van der Waals surface area contributed by atoms with Crippen LogP contribution in [0.2, 0.25) is 0 Å². The summed E-state index contributed by atoms with van der Waals surface area (Å²) in [4.78, 5) is 18.3. The normalized spacial score (nSPS) is 17.9. The average molecular weight is 264 g/mol. The molecule has 2 rings (SSSR count). The molecule has 19 heavy (non-hydrogen) atoms. The second kappa shape index (κ2) is 6.49. The number of nitrogens with zero attached hydrogens (tertiary/aromatic N) is 2. The molecule has 1 aliphatic heterocycles. The van der Waals surface area contributed by atoms with Crippen molar-refractivity contribution in [1.29, 1.82) is 0 Å². The van der Waals surface area contributed by atoms with Gasteiger partial charge in [0.1, 0.15) is 0 Å². The molecule has 2 heterocycles. The van der Waals surface area contributed by atoms with Crippen LogP contribution in [-0.4, -0.2) is 54.7 Å². The third kappa shape index (κ3) is 3.90. The number of nitrogen functional groups attached to an aromatic ring is 1. The summed E-state index contributed by atoms with van der Waals surface area (Å²) in [6, 6.07) is 3.43. The van der Waals surface area contributed by atoms with Crippen molar-refractivity contribution in [2.45, 2.75) is 13.0 Å². The highest BCUT2D eigenvalue weighted by molar-refractivity contribution is 5.97. The molecule has 1 atom stereocenters. The number of morpholine rings is 1. The Bertz CT molecular complexity index is 432. The molecule has 104 valence electrons. The van der Waals surface area contributed by atoms with E-state index in [2.05, 4.69) is 15.2 Å². The van der Waals surface area contributed by atoms with Gasteiger partial charge in [0.15, 0.2) is 5.69 Å². The zero-order chi connectivity index (χ0) is 13.7. The second-order valence-electron chi connectivity index (χ2n) is 4.73. The van der Waals surface area contributed by atoms with E-state index in [-0.39, 0.29) is 17.6 Å². The Morgan fingerprint density at radius 1 is 1.58 bits per heavy atom. The standard InChI is InChI=1S/C13H20N4O2/c1-10(9-17-5-7-19-8-6-17)16-13(18)12-11(14)3-2-4-15-12/h2-4,10H,5-9,14H2,1H3,(H,16,18). The average Bonchev–Trinajstić information content (AvgIpc) is 2.40. The van der Waals surface area contributed by atoms with Crippen LogP contribution in [0.5, 0.6) is 0 Å². The summed E-state index contributed by atoms with van der Waals surface area (Å²) >= 11 is 0. The SMILES string of the molecule is CC(CN1CCOCC1)NC(=O)c1ncccc1N. The number of pyridine rings is 1. The van der Waals surface area contributed by atoms with Gasteiger partial charge in [0.25, 0.3) is 5.91 Å². The summed E-state index contributed by atoms with van der Waals surface area (Å²) in [6.45, 7) is 6.12. The molecule has 0 radical (unpaired) electrons. The molecular weight excluding hydrogens is 244 g/mol. The van der Waals surface area contributed by atoms with Gasteiger partial charge in [0.05, 0.1) is 18.9 Å². The van der Waals surface area contributed by atoms with Crippen molar-refractivity contribution in [1.82, 2.24) is 15.2 Å². The molecule has 0 bridgehead atoms. The zero-order valence-corrected chi connectivity index (χ0v) is 11.1. The third-order valence-corrected chi connectivity index (χ3v) is 3.07. The van der Waals surface area contributed by atoms with Gasteiger partial charge in [0.2, 0.25) is 0 Å². The number of hydrogen-bond donors (Lipinski definition) is 2. The second-order valence-corrected chi connectivity index (χ2v) is 4.73. The maximum atomic E-state index is 12.0. The van der Waals surface area contributed by atoms with Crippen LogP contribution < -0.4 is 11.1 Å². The first kappa shape index (κ1) is 13.8. The monoisotopic (exact) mass is 264 g/mol. The molecule has 0 saturated carbocycles. The molecule has 1 fully saturated rings. The van der Waals surface area contributed by atoms with Gasteiger partial charge in [-0.05, 0) is 19.1 Å². The minimum Gasteiger partial charge on any atom is -0.397 e. The lowest BCUT2D eigenvalue weighted by molar-refractivity contribution is 0.0342. The zero-order valence-electron chi connectivity index (χ0n) is 11.1. The van der Waals surface area contributed by atoms with Gasteiger partial charge in [-0.1, -0.05) is 0 Å². The highest BCUT2D eigenvalue weighted by Crippen LogP contribution is 2.07. The van der Waals surface area contributed by atoms with Crippen molar-refractivity contribution in [3.8, 4) is 0 Å². The van der Waals surface area contributed by atoms with Crippen LogP contribution in [0.25, 0.3) is 0 Å². The summed E-state index contributed by atoms with van der Waals surface area (Å²) in [6.07, 6.45) is 1.57. The fourth-order valence-electron chi connectivity index (χ4n) is 2.12. The number of rotatable bonds is 4. The minimum atomic E-state index is -0.223. The first-order chi connectivity index (χ1) is 9.16. The third-order valence-electron chi connectivity index (χ3n) is 3.07. The lowest BCUT2D eigenvalue weighted by atomic mass is 10.2. The lowest BCUT2D eigenvalue weighted by Gasteiger charge is -2.29. The van der Waals surface area contributed by atoms with Crippen LogP contribution in [0.3, 0.4) is 0 Å². The van der Waals surface area contributed by atoms with E-state index in [1.807, 2.05) is 6.92 Å². The van der Waals surface area contributed by atoms with Crippen molar-refractivity contribution in [2.24, 2.45) is 0 Å². The summed E-state index contributed by atoms with van der Waals surface area (Å²) in [5.74, 6) is -0.223. The van der Waals surface area contributed by atoms with Crippen molar-refractivity contribution < 1.29 is 9.53 Å². The van der Waals surface area contributed by atoms with Crippen LogP contribution in [0.4, 0.5) is 5.69 Å². The fourth-order valence-corrected chi connectivity index (χ4v) is 2.12. The van der Waals surface area contributed by atoms with Crippen molar-refractivity contribution in [2.75, 3.05) is 38.6 Å². The van der Waals surface area contributed by atoms with Gasteiger partial charge in [-0.2, -0.15) is 0 Å². The molecule has 1 amide bonds. The highest BCUT2D eigenvalue weighted by atomic mass is 16.5. The molecule has 1 aromatic heterocycles. The summed E-state index contributed by atoms with van der Waals surface area (Å²) in [5, 5.41) is 2.92. The predicted molar refractivity (Wildman–Crippen MR) is 72.8 cm³/mol. The van der Waals surface area contributed by atoms with Gasteiger partial charge in [0, 0.05) is 31.9 Å². The van der Waals surface area contributed by atoms with E-state index in [1.54, 1.807) is 18.3 Å².